The van der Waals surface area contributed by atoms with Crippen LogP contribution in [0.2, 0.25) is 2.39 Å². The first-order valence-corrected chi connectivity index (χ1v) is 2.46. The first-order chi connectivity index (χ1) is 1.41. The number of rotatable bonds is 0. The molecule has 0 aliphatic carbocycles. The standard InChI is InChI=1S/C2H5.2ClH.Tb/c1-2;;;/h1H2,2H3;2*1H;/q;;;+2/p-2. The van der Waals surface area contributed by atoms with Gasteiger partial charge < -0.3 is 24.8 Å². The summed E-state index contributed by atoms with van der Waals surface area (Å²) < 4.78 is 1.25. The summed E-state index contributed by atoms with van der Waals surface area (Å²) in [5, 5.41) is 0. The maximum absolute atomic E-state index is 2.12. The quantitative estimate of drug-likeness (QED) is 0.408. The Morgan fingerprint density at radius 1 is 1.40 bits per heavy atom. The van der Waals surface area contributed by atoms with E-state index in [2.05, 4.69) is 43.6 Å². The molecule has 0 rings (SSSR count). The molecule has 0 aliphatic rings. The van der Waals surface area contributed by atoms with Crippen LogP contribution in [0.4, 0.5) is 0 Å². The third kappa shape index (κ3) is 25.2. The van der Waals surface area contributed by atoms with Crippen molar-refractivity contribution in [2.75, 3.05) is 0 Å². The summed E-state index contributed by atoms with van der Waals surface area (Å²) in [7, 11) is 0. The summed E-state index contributed by atoms with van der Waals surface area (Å²) >= 11 is 2.12. The van der Waals surface area contributed by atoms with Crippen LogP contribution >= 0.6 is 0 Å². The van der Waals surface area contributed by atoms with Gasteiger partial charge in [-0.2, -0.15) is 0 Å². The van der Waals surface area contributed by atoms with Crippen LogP contribution in [0.5, 0.6) is 0 Å². The Morgan fingerprint density at radius 3 is 1.40 bits per heavy atom. The second-order valence-electron chi connectivity index (χ2n) is 0.236. The molecule has 0 radical (unpaired) electrons. The minimum Gasteiger partial charge on any atom is -1.00 e. The predicted molar refractivity (Wildman–Crippen MR) is 10.5 cm³/mol. The van der Waals surface area contributed by atoms with E-state index in [9.17, 15) is 0 Å². The number of halogens is 2. The molecule has 5 heavy (non-hydrogen) atoms. The molecule has 0 aromatic heterocycles. The van der Waals surface area contributed by atoms with E-state index < -0.39 is 0 Å². The van der Waals surface area contributed by atoms with Crippen LogP contribution in [0.15, 0.2) is 0 Å². The first kappa shape index (κ1) is 15.8. The monoisotopic (exact) mass is 258 g/mol. The molecular formula is C2H5Cl2Tb. The molecule has 0 nitrogen and oxygen atoms in total. The summed E-state index contributed by atoms with van der Waals surface area (Å²) in [5.41, 5.74) is 0. The molecule has 0 aromatic rings. The molecule has 0 spiro atoms. The van der Waals surface area contributed by atoms with Gasteiger partial charge in [-0.15, -0.1) is 0 Å². The molecule has 36 valence electrons. The summed E-state index contributed by atoms with van der Waals surface area (Å²) in [6.07, 6.45) is 0. The first-order valence-electron chi connectivity index (χ1n) is 0.943. The molecule has 0 unspecified atom stereocenters. The average Bonchev–Trinajstić information content (AvgIpc) is 0.918. The van der Waals surface area contributed by atoms with E-state index in [0.29, 0.717) is 0 Å². The zero-order chi connectivity index (χ0) is 2.71. The Morgan fingerprint density at radius 2 is 1.40 bits per heavy atom. The normalized spacial score (nSPS) is 3.60. The van der Waals surface area contributed by atoms with Crippen molar-refractivity contribution in [1.82, 2.24) is 0 Å². The molecule has 3 heteroatoms. The van der Waals surface area contributed by atoms with Crippen LogP contribution in [0, 0.1) is 36.6 Å². The van der Waals surface area contributed by atoms with Gasteiger partial charge in [0.2, 0.25) is 0 Å². The zero-order valence-electron chi connectivity index (χ0n) is 2.80. The summed E-state index contributed by atoms with van der Waals surface area (Å²) in [4.78, 5) is 0. The minimum atomic E-state index is 0. The molecular weight excluding hydrogens is 254 g/mol. The van der Waals surface area contributed by atoms with Crippen LogP contribution in [-0.2, 0) is 0 Å². The number of hydrogen-bond donors (Lipinski definition) is 0. The van der Waals surface area contributed by atoms with Crippen LogP contribution < -0.4 is 24.8 Å². The topological polar surface area (TPSA) is 0 Å². The van der Waals surface area contributed by atoms with E-state index in [4.69, 9.17) is 0 Å². The van der Waals surface area contributed by atoms with Crippen molar-refractivity contribution in [3.05, 3.63) is 0 Å². The van der Waals surface area contributed by atoms with Gasteiger partial charge in [0, 0.05) is 0 Å². The number of hydrogen-bond acceptors (Lipinski definition) is 0. The van der Waals surface area contributed by atoms with E-state index in [1.165, 1.54) is 2.39 Å². The van der Waals surface area contributed by atoms with Crippen LogP contribution in [-0.4, -0.2) is 0 Å². The molecule has 0 heterocycles. The van der Waals surface area contributed by atoms with Crippen molar-refractivity contribution in [2.24, 2.45) is 0 Å². The molecule has 0 saturated carbocycles. The summed E-state index contributed by atoms with van der Waals surface area (Å²) in [6, 6.07) is 0. The van der Waals surface area contributed by atoms with Crippen LogP contribution in [0.3, 0.4) is 0 Å². The van der Waals surface area contributed by atoms with Crippen molar-refractivity contribution in [3.8, 4) is 0 Å². The van der Waals surface area contributed by atoms with Gasteiger partial charge in [0.25, 0.3) is 0 Å². The smallest absolute Gasteiger partial charge is 1.00 e. The van der Waals surface area contributed by atoms with Gasteiger partial charge in [-0.1, -0.05) is 0 Å². The molecule has 0 aliphatic heterocycles. The van der Waals surface area contributed by atoms with Crippen molar-refractivity contribution < 1.29 is 61.4 Å². The maximum Gasteiger partial charge on any atom is -1.00 e. The third-order valence-corrected chi connectivity index (χ3v) is 0. The molecule has 0 fully saturated rings. The van der Waals surface area contributed by atoms with Gasteiger partial charge in [0.15, 0.2) is 0 Å². The Bertz CT molecular complexity index is 7.61. The fourth-order valence-electron chi connectivity index (χ4n) is 0. The average molecular weight is 259 g/mol. The Labute approximate surface area is 69.8 Å². The van der Waals surface area contributed by atoms with Gasteiger partial charge >= 0.3 is 45.9 Å². The molecule has 0 saturated heterocycles. The van der Waals surface area contributed by atoms with Crippen LogP contribution in [0.25, 0.3) is 0 Å². The van der Waals surface area contributed by atoms with E-state index >= 15 is 0 Å². The maximum atomic E-state index is 2.12. The third-order valence-electron chi connectivity index (χ3n) is 0. The second kappa shape index (κ2) is 16.9. The predicted octanol–water partition coefficient (Wildman–Crippen LogP) is -5.02. The summed E-state index contributed by atoms with van der Waals surface area (Å²) in [5.74, 6) is 0. The van der Waals surface area contributed by atoms with E-state index in [-0.39, 0.29) is 24.8 Å². The van der Waals surface area contributed by atoms with Gasteiger partial charge in [-0.25, -0.2) is 0 Å². The minimum absolute atomic E-state index is 0. The van der Waals surface area contributed by atoms with Crippen molar-refractivity contribution in [1.29, 1.82) is 0 Å². The molecule has 0 bridgehead atoms. The fraction of sp³-hybridized carbons (Fsp3) is 1.00. The van der Waals surface area contributed by atoms with Crippen molar-refractivity contribution in [3.63, 3.8) is 0 Å². The largest absolute Gasteiger partial charge is 1.00 e. The Balaban J connectivity index is -0.0000000200. The van der Waals surface area contributed by atoms with Gasteiger partial charge in [0.1, 0.15) is 0 Å². The van der Waals surface area contributed by atoms with Gasteiger partial charge in [-0.3, -0.25) is 0 Å². The fourth-order valence-corrected chi connectivity index (χ4v) is 0. The van der Waals surface area contributed by atoms with Crippen LogP contribution in [0.1, 0.15) is 6.92 Å². The molecule has 0 aromatic carbocycles. The summed E-state index contributed by atoms with van der Waals surface area (Å²) in [6.45, 7) is 2.12. The van der Waals surface area contributed by atoms with Crippen molar-refractivity contribution >= 4 is 0 Å². The Hall–Kier alpha value is 1.87. The van der Waals surface area contributed by atoms with E-state index in [1.54, 1.807) is 0 Å². The van der Waals surface area contributed by atoms with Gasteiger partial charge in [0.05, 0.1) is 0 Å². The van der Waals surface area contributed by atoms with Gasteiger partial charge in [-0.05, 0) is 0 Å². The second-order valence-corrected chi connectivity index (χ2v) is 1.75. The molecule has 0 amide bonds. The Kier molecular flexibility index (Phi) is 53.5. The molecule has 0 N–H and O–H groups in total. The SMILES string of the molecule is C[CH2][Tb+2].[Cl-].[Cl-]. The molecule has 0 atom stereocenters. The zero-order valence-corrected chi connectivity index (χ0v) is 6.45. The van der Waals surface area contributed by atoms with Crippen molar-refractivity contribution in [2.45, 2.75) is 9.32 Å². The van der Waals surface area contributed by atoms with E-state index in [1.807, 2.05) is 0 Å². The van der Waals surface area contributed by atoms with E-state index in [0.717, 1.165) is 0 Å².